The second-order valence-electron chi connectivity index (χ2n) is 7.91. The van der Waals surface area contributed by atoms with Crippen LogP contribution >= 0.6 is 0 Å². The SMILES string of the molecule is CCC(CC)CN1CC2(CCN(C(=O)CCn3ccnc3C)CC2)OC1=O. The normalized spacial score (nSPS) is 19.2. The first-order valence-corrected chi connectivity index (χ1v) is 10.2. The average molecular weight is 377 g/mol. The summed E-state index contributed by atoms with van der Waals surface area (Å²) < 4.78 is 7.79. The van der Waals surface area contributed by atoms with Crippen LogP contribution < -0.4 is 0 Å². The molecule has 0 radical (unpaired) electrons. The maximum Gasteiger partial charge on any atom is 0.410 e. The molecule has 1 aromatic rings. The lowest BCUT2D eigenvalue weighted by Crippen LogP contribution is -2.49. The van der Waals surface area contributed by atoms with Gasteiger partial charge in [-0.1, -0.05) is 26.7 Å². The number of hydrogen-bond donors (Lipinski definition) is 0. The van der Waals surface area contributed by atoms with Crippen molar-refractivity contribution in [2.24, 2.45) is 5.92 Å². The van der Waals surface area contributed by atoms with Crippen LogP contribution in [0.1, 0.15) is 51.8 Å². The van der Waals surface area contributed by atoms with Crippen molar-refractivity contribution in [3.8, 4) is 0 Å². The Bertz CT molecular complexity index is 660. The van der Waals surface area contributed by atoms with Crippen LogP contribution in [-0.2, 0) is 16.1 Å². The molecule has 0 unspecified atom stereocenters. The number of rotatable bonds is 7. The standard InChI is InChI=1S/C20H32N4O3/c1-4-17(5-2)14-24-15-20(27-19(24)26)7-11-23(12-8-20)18(25)6-10-22-13-9-21-16(22)3/h9,13,17H,4-8,10-12,14-15H2,1-3H3. The highest BCUT2D eigenvalue weighted by atomic mass is 16.6. The van der Waals surface area contributed by atoms with E-state index in [1.807, 2.05) is 27.5 Å². The van der Waals surface area contributed by atoms with Crippen molar-refractivity contribution in [3.05, 3.63) is 18.2 Å². The highest BCUT2D eigenvalue weighted by Crippen LogP contribution is 2.34. The molecule has 2 amide bonds. The molecule has 0 aliphatic carbocycles. The Morgan fingerprint density at radius 1 is 1.30 bits per heavy atom. The number of ether oxygens (including phenoxy) is 1. The van der Waals surface area contributed by atoms with Gasteiger partial charge in [0.25, 0.3) is 0 Å². The van der Waals surface area contributed by atoms with Gasteiger partial charge in [0, 0.05) is 57.8 Å². The lowest BCUT2D eigenvalue weighted by Gasteiger charge is -2.37. The summed E-state index contributed by atoms with van der Waals surface area (Å²) in [5.41, 5.74) is -0.402. The van der Waals surface area contributed by atoms with E-state index in [9.17, 15) is 9.59 Å². The minimum atomic E-state index is -0.402. The number of amides is 2. The molecule has 0 atom stereocenters. The van der Waals surface area contributed by atoms with Crippen LogP contribution in [-0.4, -0.2) is 63.1 Å². The molecular formula is C20H32N4O3. The molecule has 1 aromatic heterocycles. The third-order valence-electron chi connectivity index (χ3n) is 6.19. The van der Waals surface area contributed by atoms with Crippen molar-refractivity contribution in [3.63, 3.8) is 0 Å². The van der Waals surface area contributed by atoms with Crippen LogP contribution in [0.4, 0.5) is 4.79 Å². The van der Waals surface area contributed by atoms with Crippen molar-refractivity contribution in [2.45, 2.75) is 65.0 Å². The maximum atomic E-state index is 12.5. The van der Waals surface area contributed by atoms with Crippen LogP contribution in [0.25, 0.3) is 0 Å². The van der Waals surface area contributed by atoms with Crippen molar-refractivity contribution in [2.75, 3.05) is 26.2 Å². The van der Waals surface area contributed by atoms with Gasteiger partial charge in [0.05, 0.1) is 6.54 Å². The molecular weight excluding hydrogens is 344 g/mol. The first kappa shape index (κ1) is 19.7. The van der Waals surface area contributed by atoms with Crippen LogP contribution in [0.15, 0.2) is 12.4 Å². The molecule has 1 spiro atoms. The topological polar surface area (TPSA) is 67.7 Å². The highest BCUT2D eigenvalue weighted by Gasteiger charge is 2.47. The molecule has 0 N–H and O–H groups in total. The lowest BCUT2D eigenvalue weighted by molar-refractivity contribution is -0.134. The van der Waals surface area contributed by atoms with E-state index in [2.05, 4.69) is 18.8 Å². The number of aromatic nitrogens is 2. The van der Waals surface area contributed by atoms with Gasteiger partial charge < -0.3 is 19.1 Å². The van der Waals surface area contributed by atoms with E-state index in [0.717, 1.165) is 38.1 Å². The van der Waals surface area contributed by atoms with E-state index in [1.54, 1.807) is 6.20 Å². The number of imidazole rings is 1. The maximum absolute atomic E-state index is 12.5. The summed E-state index contributed by atoms with van der Waals surface area (Å²) in [6.45, 7) is 9.70. The van der Waals surface area contributed by atoms with E-state index < -0.39 is 5.60 Å². The Morgan fingerprint density at radius 3 is 2.59 bits per heavy atom. The summed E-state index contributed by atoms with van der Waals surface area (Å²) in [6, 6.07) is 0. The zero-order valence-corrected chi connectivity index (χ0v) is 16.8. The Labute approximate surface area is 161 Å². The van der Waals surface area contributed by atoms with Gasteiger partial charge in [-0.3, -0.25) is 4.79 Å². The summed E-state index contributed by atoms with van der Waals surface area (Å²) >= 11 is 0. The van der Waals surface area contributed by atoms with Crippen molar-refractivity contribution in [1.29, 1.82) is 0 Å². The second-order valence-corrected chi connectivity index (χ2v) is 7.91. The van der Waals surface area contributed by atoms with Gasteiger partial charge in [0.1, 0.15) is 11.4 Å². The molecule has 7 nitrogen and oxygen atoms in total. The monoisotopic (exact) mass is 376 g/mol. The number of hydrogen-bond acceptors (Lipinski definition) is 4. The summed E-state index contributed by atoms with van der Waals surface area (Å²) in [5.74, 6) is 1.62. The Morgan fingerprint density at radius 2 is 2.00 bits per heavy atom. The molecule has 7 heteroatoms. The number of aryl methyl sites for hydroxylation is 2. The molecule has 2 saturated heterocycles. The number of piperidine rings is 1. The molecule has 2 fully saturated rings. The van der Waals surface area contributed by atoms with Crippen LogP contribution in [0, 0.1) is 12.8 Å². The van der Waals surface area contributed by atoms with Gasteiger partial charge in [-0.25, -0.2) is 9.78 Å². The van der Waals surface area contributed by atoms with Gasteiger partial charge >= 0.3 is 6.09 Å². The largest absolute Gasteiger partial charge is 0.441 e. The quantitative estimate of drug-likeness (QED) is 0.734. The third-order valence-corrected chi connectivity index (χ3v) is 6.19. The minimum Gasteiger partial charge on any atom is -0.441 e. The molecule has 3 rings (SSSR count). The van der Waals surface area contributed by atoms with Gasteiger partial charge in [0.15, 0.2) is 0 Å². The fourth-order valence-corrected chi connectivity index (χ4v) is 4.13. The fourth-order valence-electron chi connectivity index (χ4n) is 4.13. The number of carbonyl (C=O) groups excluding carboxylic acids is 2. The smallest absolute Gasteiger partial charge is 0.410 e. The van der Waals surface area contributed by atoms with E-state index in [-0.39, 0.29) is 12.0 Å². The van der Waals surface area contributed by atoms with Crippen molar-refractivity contribution in [1.82, 2.24) is 19.4 Å². The molecule has 2 aliphatic heterocycles. The zero-order chi connectivity index (χ0) is 19.4. The predicted octanol–water partition coefficient (Wildman–Crippen LogP) is 2.83. The third kappa shape index (κ3) is 4.45. The summed E-state index contributed by atoms with van der Waals surface area (Å²) in [5, 5.41) is 0. The number of likely N-dealkylation sites (tertiary alicyclic amines) is 1. The van der Waals surface area contributed by atoms with Gasteiger partial charge in [-0.05, 0) is 12.8 Å². The second kappa shape index (κ2) is 8.31. The fraction of sp³-hybridized carbons (Fsp3) is 0.750. The van der Waals surface area contributed by atoms with Crippen molar-refractivity contribution < 1.29 is 14.3 Å². The zero-order valence-electron chi connectivity index (χ0n) is 16.8. The van der Waals surface area contributed by atoms with Gasteiger partial charge in [-0.15, -0.1) is 0 Å². The van der Waals surface area contributed by atoms with Crippen LogP contribution in [0.2, 0.25) is 0 Å². The molecule has 2 aliphatic rings. The van der Waals surface area contributed by atoms with E-state index in [4.69, 9.17) is 4.74 Å². The molecule has 0 saturated carbocycles. The van der Waals surface area contributed by atoms with E-state index in [0.29, 0.717) is 38.5 Å². The lowest BCUT2D eigenvalue weighted by atomic mass is 9.91. The Kier molecular flexibility index (Phi) is 6.07. The average Bonchev–Trinajstić information content (AvgIpc) is 3.21. The van der Waals surface area contributed by atoms with Crippen molar-refractivity contribution >= 4 is 12.0 Å². The first-order chi connectivity index (χ1) is 13.0. The molecule has 0 bridgehead atoms. The molecule has 27 heavy (non-hydrogen) atoms. The molecule has 0 aromatic carbocycles. The van der Waals surface area contributed by atoms with Crippen LogP contribution in [0.3, 0.4) is 0 Å². The number of nitrogens with zero attached hydrogens (tertiary/aromatic N) is 4. The Balaban J connectivity index is 1.49. The first-order valence-electron chi connectivity index (χ1n) is 10.2. The molecule has 150 valence electrons. The van der Waals surface area contributed by atoms with Crippen LogP contribution in [0.5, 0.6) is 0 Å². The van der Waals surface area contributed by atoms with E-state index in [1.165, 1.54) is 0 Å². The summed E-state index contributed by atoms with van der Waals surface area (Å²) in [4.78, 5) is 32.8. The van der Waals surface area contributed by atoms with Gasteiger partial charge in [-0.2, -0.15) is 0 Å². The summed E-state index contributed by atoms with van der Waals surface area (Å²) in [6.07, 6.45) is 7.56. The number of carbonyl (C=O) groups is 2. The highest BCUT2D eigenvalue weighted by molar-refractivity contribution is 5.76. The Hall–Kier alpha value is -2.05. The summed E-state index contributed by atoms with van der Waals surface area (Å²) in [7, 11) is 0. The van der Waals surface area contributed by atoms with Gasteiger partial charge in [0.2, 0.25) is 5.91 Å². The predicted molar refractivity (Wildman–Crippen MR) is 102 cm³/mol. The van der Waals surface area contributed by atoms with E-state index >= 15 is 0 Å². The molecule has 3 heterocycles. The minimum absolute atomic E-state index is 0.163.